The van der Waals surface area contributed by atoms with Crippen molar-refractivity contribution in [3.8, 4) is 0 Å². The van der Waals surface area contributed by atoms with Gasteiger partial charge in [0.05, 0.1) is 5.41 Å². The molecule has 1 aromatic carbocycles. The highest BCUT2D eigenvalue weighted by Gasteiger charge is 2.53. The van der Waals surface area contributed by atoms with Gasteiger partial charge in [-0.2, -0.15) is 0 Å². The monoisotopic (exact) mass is 380 g/mol. The SMILES string of the molecule is CCc1c(C)nc(NC2CCN(C(=O)C3(c4ccccc4)CC3)CC2)[nH]c1=O. The number of nitrogens with zero attached hydrogens (tertiary/aromatic N) is 2. The molecular weight excluding hydrogens is 352 g/mol. The van der Waals surface area contributed by atoms with Crippen LogP contribution >= 0.6 is 0 Å². The minimum Gasteiger partial charge on any atom is -0.353 e. The number of nitrogens with one attached hydrogen (secondary N) is 2. The normalized spacial score (nSPS) is 18.7. The van der Waals surface area contributed by atoms with Crippen LogP contribution in [0.25, 0.3) is 0 Å². The number of aromatic nitrogens is 2. The summed E-state index contributed by atoms with van der Waals surface area (Å²) in [7, 11) is 0. The number of aryl methyl sites for hydroxylation is 1. The van der Waals surface area contributed by atoms with E-state index in [9.17, 15) is 9.59 Å². The fourth-order valence-corrected chi connectivity index (χ4v) is 4.33. The number of aromatic amines is 1. The van der Waals surface area contributed by atoms with Gasteiger partial charge in [0.2, 0.25) is 11.9 Å². The minimum atomic E-state index is -0.290. The first-order valence-electron chi connectivity index (χ1n) is 10.2. The van der Waals surface area contributed by atoms with E-state index in [-0.39, 0.29) is 22.9 Å². The molecule has 6 heteroatoms. The van der Waals surface area contributed by atoms with Crippen molar-refractivity contribution in [3.63, 3.8) is 0 Å². The van der Waals surface area contributed by atoms with Crippen molar-refractivity contribution in [2.24, 2.45) is 0 Å². The fourth-order valence-electron chi connectivity index (χ4n) is 4.33. The van der Waals surface area contributed by atoms with E-state index < -0.39 is 0 Å². The maximum absolute atomic E-state index is 13.2. The molecule has 0 bridgehead atoms. The number of benzene rings is 1. The average Bonchev–Trinajstić information content (AvgIpc) is 3.51. The lowest BCUT2D eigenvalue weighted by molar-refractivity contribution is -0.134. The molecule has 1 aliphatic carbocycles. The molecule has 1 aliphatic heterocycles. The van der Waals surface area contributed by atoms with E-state index in [0.717, 1.165) is 55.6 Å². The van der Waals surface area contributed by atoms with E-state index in [1.807, 2.05) is 36.9 Å². The second-order valence-electron chi connectivity index (χ2n) is 7.99. The van der Waals surface area contributed by atoms with Gasteiger partial charge in [-0.25, -0.2) is 4.98 Å². The Bertz CT molecular complexity index is 910. The molecule has 0 radical (unpaired) electrons. The summed E-state index contributed by atoms with van der Waals surface area (Å²) in [6.07, 6.45) is 4.28. The number of carbonyl (C=O) groups excluding carboxylic acids is 1. The van der Waals surface area contributed by atoms with Crippen LogP contribution in [0, 0.1) is 6.92 Å². The van der Waals surface area contributed by atoms with Gasteiger partial charge in [0.15, 0.2) is 0 Å². The number of H-pyrrole nitrogens is 1. The molecule has 2 fully saturated rings. The number of hydrogen-bond donors (Lipinski definition) is 2. The molecule has 2 aromatic rings. The Balaban J connectivity index is 1.38. The van der Waals surface area contributed by atoms with Gasteiger partial charge in [0.1, 0.15) is 0 Å². The molecule has 0 unspecified atom stereocenters. The summed E-state index contributed by atoms with van der Waals surface area (Å²) in [4.78, 5) is 34.6. The van der Waals surface area contributed by atoms with Crippen LogP contribution in [0.3, 0.4) is 0 Å². The van der Waals surface area contributed by atoms with Gasteiger partial charge in [-0.15, -0.1) is 0 Å². The minimum absolute atomic E-state index is 0.0661. The summed E-state index contributed by atoms with van der Waals surface area (Å²) in [5.41, 5.74) is 2.31. The van der Waals surface area contributed by atoms with Crippen molar-refractivity contribution < 1.29 is 4.79 Å². The highest BCUT2D eigenvalue weighted by molar-refractivity contribution is 5.91. The van der Waals surface area contributed by atoms with E-state index in [1.54, 1.807) is 0 Å². The second kappa shape index (κ2) is 7.41. The van der Waals surface area contributed by atoms with E-state index in [2.05, 4.69) is 27.4 Å². The van der Waals surface area contributed by atoms with Gasteiger partial charge in [0.25, 0.3) is 5.56 Å². The summed E-state index contributed by atoms with van der Waals surface area (Å²) in [5, 5.41) is 3.35. The van der Waals surface area contributed by atoms with Crippen LogP contribution in [0.2, 0.25) is 0 Å². The Morgan fingerprint density at radius 3 is 2.50 bits per heavy atom. The molecule has 6 nitrogen and oxygen atoms in total. The number of amides is 1. The van der Waals surface area contributed by atoms with Crippen molar-refractivity contribution in [2.45, 2.75) is 57.4 Å². The van der Waals surface area contributed by atoms with Gasteiger partial charge in [-0.3, -0.25) is 14.6 Å². The third kappa shape index (κ3) is 3.43. The number of rotatable bonds is 5. The third-order valence-electron chi connectivity index (χ3n) is 6.18. The number of likely N-dealkylation sites (tertiary alicyclic amines) is 1. The molecule has 2 heterocycles. The van der Waals surface area contributed by atoms with Crippen LogP contribution in [0.15, 0.2) is 35.1 Å². The molecule has 148 valence electrons. The summed E-state index contributed by atoms with van der Waals surface area (Å²) < 4.78 is 0. The molecule has 0 atom stereocenters. The van der Waals surface area contributed by atoms with Crippen molar-refractivity contribution in [3.05, 3.63) is 57.5 Å². The summed E-state index contributed by atoms with van der Waals surface area (Å²) >= 11 is 0. The van der Waals surface area contributed by atoms with Crippen LogP contribution in [0.4, 0.5) is 5.95 Å². The zero-order valence-corrected chi connectivity index (χ0v) is 16.6. The van der Waals surface area contributed by atoms with E-state index in [1.165, 1.54) is 0 Å². The predicted octanol–water partition coefficient (Wildman–Crippen LogP) is 2.78. The predicted molar refractivity (Wildman–Crippen MR) is 110 cm³/mol. The first-order chi connectivity index (χ1) is 13.5. The van der Waals surface area contributed by atoms with Crippen LogP contribution in [0.1, 0.15) is 49.4 Å². The lowest BCUT2D eigenvalue weighted by Crippen LogP contribution is -2.46. The van der Waals surface area contributed by atoms with Crippen LogP contribution in [-0.2, 0) is 16.6 Å². The molecular formula is C22H28N4O2. The largest absolute Gasteiger partial charge is 0.353 e. The Hall–Kier alpha value is -2.63. The summed E-state index contributed by atoms with van der Waals surface area (Å²) in [6.45, 7) is 5.31. The number of hydrogen-bond acceptors (Lipinski definition) is 4. The van der Waals surface area contributed by atoms with E-state index in [0.29, 0.717) is 12.4 Å². The standard InChI is InChI=1S/C22H28N4O2/c1-3-18-15(2)23-21(25-19(18)27)24-17-9-13-26(14-10-17)20(28)22(11-12-22)16-7-5-4-6-8-16/h4-8,17H,3,9-14H2,1-2H3,(H2,23,24,25,27). The van der Waals surface area contributed by atoms with Crippen molar-refractivity contribution >= 4 is 11.9 Å². The highest BCUT2D eigenvalue weighted by Crippen LogP contribution is 2.49. The number of anilines is 1. The zero-order chi connectivity index (χ0) is 19.7. The quantitative estimate of drug-likeness (QED) is 0.836. The molecule has 4 rings (SSSR count). The lowest BCUT2D eigenvalue weighted by Gasteiger charge is -2.35. The Kier molecular flexibility index (Phi) is 4.96. The highest BCUT2D eigenvalue weighted by atomic mass is 16.2. The molecule has 1 saturated carbocycles. The Morgan fingerprint density at radius 2 is 1.93 bits per heavy atom. The Morgan fingerprint density at radius 1 is 1.25 bits per heavy atom. The van der Waals surface area contributed by atoms with Crippen LogP contribution in [-0.4, -0.2) is 39.9 Å². The van der Waals surface area contributed by atoms with Gasteiger partial charge < -0.3 is 10.2 Å². The molecule has 1 amide bonds. The van der Waals surface area contributed by atoms with Crippen molar-refractivity contribution in [2.75, 3.05) is 18.4 Å². The lowest BCUT2D eigenvalue weighted by atomic mass is 9.93. The smallest absolute Gasteiger partial charge is 0.255 e. The first-order valence-corrected chi connectivity index (χ1v) is 10.2. The molecule has 1 saturated heterocycles. The van der Waals surface area contributed by atoms with E-state index >= 15 is 0 Å². The van der Waals surface area contributed by atoms with Crippen LogP contribution < -0.4 is 10.9 Å². The van der Waals surface area contributed by atoms with Gasteiger partial charge in [-0.1, -0.05) is 37.3 Å². The Labute approximate surface area is 165 Å². The maximum atomic E-state index is 13.2. The topological polar surface area (TPSA) is 78.1 Å². The second-order valence-corrected chi connectivity index (χ2v) is 7.99. The summed E-state index contributed by atoms with van der Waals surface area (Å²) in [5.74, 6) is 0.805. The van der Waals surface area contributed by atoms with Crippen molar-refractivity contribution in [1.82, 2.24) is 14.9 Å². The third-order valence-corrected chi connectivity index (χ3v) is 6.18. The molecule has 1 aromatic heterocycles. The number of piperidine rings is 1. The zero-order valence-electron chi connectivity index (χ0n) is 16.6. The fraction of sp³-hybridized carbons (Fsp3) is 0.500. The van der Waals surface area contributed by atoms with Gasteiger partial charge in [0, 0.05) is 30.4 Å². The number of carbonyl (C=O) groups is 1. The summed E-state index contributed by atoms with van der Waals surface area (Å²) in [6, 6.07) is 10.4. The molecule has 0 spiro atoms. The molecule has 2 aliphatic rings. The van der Waals surface area contributed by atoms with Gasteiger partial charge in [-0.05, 0) is 44.6 Å². The average molecular weight is 380 g/mol. The van der Waals surface area contributed by atoms with Crippen molar-refractivity contribution in [1.29, 1.82) is 0 Å². The molecule has 28 heavy (non-hydrogen) atoms. The first kappa shape index (κ1) is 18.7. The van der Waals surface area contributed by atoms with Gasteiger partial charge >= 0.3 is 0 Å². The molecule has 2 N–H and O–H groups in total. The van der Waals surface area contributed by atoms with E-state index in [4.69, 9.17) is 0 Å². The van der Waals surface area contributed by atoms with Crippen LogP contribution in [0.5, 0.6) is 0 Å². The maximum Gasteiger partial charge on any atom is 0.255 e.